The van der Waals surface area contributed by atoms with Gasteiger partial charge in [0.1, 0.15) is 0 Å². The smallest absolute Gasteiger partial charge is 0.0584 e. The van der Waals surface area contributed by atoms with Gasteiger partial charge in [0.05, 0.1) is 6.10 Å². The van der Waals surface area contributed by atoms with Crippen molar-refractivity contribution in [3.05, 3.63) is 24.4 Å². The quantitative estimate of drug-likeness (QED) is 0.760. The summed E-state index contributed by atoms with van der Waals surface area (Å²) in [6.07, 6.45) is 6.72. The lowest BCUT2D eigenvalue weighted by molar-refractivity contribution is -0.0600. The van der Waals surface area contributed by atoms with Crippen molar-refractivity contribution in [1.29, 1.82) is 0 Å². The van der Waals surface area contributed by atoms with Crippen LogP contribution in [-0.4, -0.2) is 27.2 Å². The third-order valence-electron chi connectivity index (χ3n) is 3.91. The van der Waals surface area contributed by atoms with Crippen LogP contribution in [0.1, 0.15) is 53.9 Å². The average molecular weight is 237 g/mol. The number of piperidine rings is 1. The highest BCUT2D eigenvalue weighted by molar-refractivity contribution is 5.15. The van der Waals surface area contributed by atoms with Gasteiger partial charge in [-0.05, 0) is 53.0 Å². The van der Waals surface area contributed by atoms with E-state index in [0.717, 1.165) is 24.8 Å². The van der Waals surface area contributed by atoms with Crippen LogP contribution in [0, 0.1) is 0 Å². The molecule has 1 rings (SSSR count). The number of nitrogens with zero attached hydrogens (tertiary/aromatic N) is 1. The number of likely N-dealkylation sites (tertiary alicyclic amines) is 1. The Labute approximate surface area is 106 Å². The van der Waals surface area contributed by atoms with E-state index in [4.69, 9.17) is 0 Å². The van der Waals surface area contributed by atoms with Gasteiger partial charge in [-0.15, -0.1) is 0 Å². The van der Waals surface area contributed by atoms with Gasteiger partial charge >= 0.3 is 0 Å². The molecule has 2 heteroatoms. The second kappa shape index (κ2) is 4.85. The zero-order valence-corrected chi connectivity index (χ0v) is 12.0. The molecule has 1 heterocycles. The highest BCUT2D eigenvalue weighted by Crippen LogP contribution is 2.40. The topological polar surface area (TPSA) is 23.5 Å². The second-order valence-electron chi connectivity index (χ2n) is 6.26. The van der Waals surface area contributed by atoms with Gasteiger partial charge in [-0.3, -0.25) is 0 Å². The van der Waals surface area contributed by atoms with Crippen LogP contribution in [0.15, 0.2) is 24.4 Å². The molecule has 0 aromatic rings. The van der Waals surface area contributed by atoms with Crippen LogP contribution in [0.4, 0.5) is 0 Å². The number of rotatable bonds is 3. The fourth-order valence-electron chi connectivity index (χ4n) is 2.98. The van der Waals surface area contributed by atoms with Gasteiger partial charge in [0.25, 0.3) is 0 Å². The van der Waals surface area contributed by atoms with E-state index in [1.54, 1.807) is 0 Å². The van der Waals surface area contributed by atoms with E-state index in [-0.39, 0.29) is 17.2 Å². The summed E-state index contributed by atoms with van der Waals surface area (Å²) >= 11 is 0. The van der Waals surface area contributed by atoms with Gasteiger partial charge in [-0.1, -0.05) is 19.1 Å². The molecule has 0 saturated carbocycles. The molecular weight excluding hydrogens is 210 g/mol. The first-order chi connectivity index (χ1) is 7.71. The molecule has 0 spiro atoms. The lowest BCUT2D eigenvalue weighted by Crippen LogP contribution is -2.60. The Morgan fingerprint density at radius 3 is 2.47 bits per heavy atom. The van der Waals surface area contributed by atoms with Crippen LogP contribution in [0.5, 0.6) is 0 Å². The SMILES string of the molecule is C=C(C)C=CN1C(C)(C)CC(O)CC1(C)CC. The first-order valence-corrected chi connectivity index (χ1v) is 6.52. The second-order valence-corrected chi connectivity index (χ2v) is 6.26. The maximum Gasteiger partial charge on any atom is 0.0584 e. The summed E-state index contributed by atoms with van der Waals surface area (Å²) in [6.45, 7) is 14.7. The minimum absolute atomic E-state index is 0.00558. The standard InChI is InChI=1S/C15H27NO/c1-7-15(6)11-13(17)10-14(4,5)16(15)9-8-12(2)3/h8-9,13,17H,2,7,10-11H2,1,3-6H3. The van der Waals surface area contributed by atoms with Crippen molar-refractivity contribution in [1.82, 2.24) is 4.90 Å². The van der Waals surface area contributed by atoms with E-state index in [1.165, 1.54) is 0 Å². The summed E-state index contributed by atoms with van der Waals surface area (Å²) in [5.41, 5.74) is 1.09. The molecule has 2 unspecified atom stereocenters. The average Bonchev–Trinajstić information content (AvgIpc) is 2.14. The first kappa shape index (κ1) is 14.3. The molecule has 0 aromatic carbocycles. The number of aliphatic hydroxyl groups is 1. The Morgan fingerprint density at radius 2 is 2.00 bits per heavy atom. The van der Waals surface area contributed by atoms with Gasteiger partial charge in [0.15, 0.2) is 0 Å². The summed E-state index contributed by atoms with van der Waals surface area (Å²) in [7, 11) is 0. The van der Waals surface area contributed by atoms with Crippen molar-refractivity contribution in [3.63, 3.8) is 0 Å². The predicted molar refractivity (Wildman–Crippen MR) is 73.8 cm³/mol. The molecule has 2 atom stereocenters. The van der Waals surface area contributed by atoms with E-state index in [9.17, 15) is 5.11 Å². The van der Waals surface area contributed by atoms with Crippen LogP contribution >= 0.6 is 0 Å². The van der Waals surface area contributed by atoms with Crippen molar-refractivity contribution in [3.8, 4) is 0 Å². The van der Waals surface area contributed by atoms with Gasteiger partial charge in [-0.25, -0.2) is 0 Å². The van der Waals surface area contributed by atoms with Crippen LogP contribution < -0.4 is 0 Å². The zero-order valence-electron chi connectivity index (χ0n) is 12.0. The molecule has 1 N–H and O–H groups in total. The minimum Gasteiger partial charge on any atom is -0.393 e. The van der Waals surface area contributed by atoms with E-state index in [2.05, 4.69) is 51.4 Å². The summed E-state index contributed by atoms with van der Waals surface area (Å²) < 4.78 is 0. The van der Waals surface area contributed by atoms with Crippen molar-refractivity contribution >= 4 is 0 Å². The summed E-state index contributed by atoms with van der Waals surface area (Å²) in [6, 6.07) is 0. The van der Waals surface area contributed by atoms with E-state index < -0.39 is 0 Å². The van der Waals surface area contributed by atoms with Crippen LogP contribution in [0.2, 0.25) is 0 Å². The Hall–Kier alpha value is -0.760. The van der Waals surface area contributed by atoms with E-state index in [1.807, 2.05) is 6.92 Å². The molecule has 0 bridgehead atoms. The minimum atomic E-state index is -0.190. The molecule has 17 heavy (non-hydrogen) atoms. The number of hydrogen-bond acceptors (Lipinski definition) is 2. The van der Waals surface area contributed by atoms with Crippen LogP contribution in [0.25, 0.3) is 0 Å². The van der Waals surface area contributed by atoms with Crippen LogP contribution in [-0.2, 0) is 0 Å². The lowest BCUT2D eigenvalue weighted by Gasteiger charge is -2.55. The van der Waals surface area contributed by atoms with Gasteiger partial charge < -0.3 is 10.0 Å². The van der Waals surface area contributed by atoms with Crippen molar-refractivity contribution in [2.45, 2.75) is 71.1 Å². The summed E-state index contributed by atoms with van der Waals surface area (Å²) in [4.78, 5) is 2.40. The van der Waals surface area contributed by atoms with E-state index in [0.29, 0.717) is 0 Å². The largest absolute Gasteiger partial charge is 0.393 e. The Kier molecular flexibility index (Phi) is 4.08. The highest BCUT2D eigenvalue weighted by Gasteiger charge is 2.44. The molecule has 1 saturated heterocycles. The molecule has 98 valence electrons. The van der Waals surface area contributed by atoms with Crippen molar-refractivity contribution in [2.24, 2.45) is 0 Å². The number of aliphatic hydroxyl groups excluding tert-OH is 1. The molecule has 1 aliphatic heterocycles. The molecule has 0 amide bonds. The summed E-state index contributed by atoms with van der Waals surface area (Å²) in [5, 5.41) is 10.0. The van der Waals surface area contributed by atoms with Gasteiger partial charge in [-0.2, -0.15) is 0 Å². The maximum atomic E-state index is 10.0. The predicted octanol–water partition coefficient (Wildman–Crippen LogP) is 3.48. The normalized spacial score (nSPS) is 33.1. The first-order valence-electron chi connectivity index (χ1n) is 6.52. The molecule has 1 fully saturated rings. The van der Waals surface area contributed by atoms with Gasteiger partial charge in [0, 0.05) is 17.3 Å². The zero-order chi connectivity index (χ0) is 13.3. The Bertz CT molecular complexity index is 319. The molecule has 1 aliphatic rings. The molecule has 0 radical (unpaired) electrons. The van der Waals surface area contributed by atoms with E-state index >= 15 is 0 Å². The van der Waals surface area contributed by atoms with Crippen molar-refractivity contribution in [2.75, 3.05) is 0 Å². The molecule has 0 aromatic heterocycles. The lowest BCUT2D eigenvalue weighted by atomic mass is 9.76. The Morgan fingerprint density at radius 1 is 1.41 bits per heavy atom. The molecule has 2 nitrogen and oxygen atoms in total. The van der Waals surface area contributed by atoms with Crippen LogP contribution in [0.3, 0.4) is 0 Å². The highest BCUT2D eigenvalue weighted by atomic mass is 16.3. The van der Waals surface area contributed by atoms with Crippen molar-refractivity contribution < 1.29 is 5.11 Å². The fraction of sp³-hybridized carbons (Fsp3) is 0.733. The van der Waals surface area contributed by atoms with Gasteiger partial charge in [0.2, 0.25) is 0 Å². The Balaban J connectivity index is 3.04. The molecular formula is C15H27NO. The summed E-state index contributed by atoms with van der Waals surface area (Å²) in [5.74, 6) is 0. The number of allylic oxidation sites excluding steroid dienone is 2. The fourth-order valence-corrected chi connectivity index (χ4v) is 2.98. The molecule has 0 aliphatic carbocycles. The monoisotopic (exact) mass is 237 g/mol. The third kappa shape index (κ3) is 3.12. The maximum absolute atomic E-state index is 10.0. The third-order valence-corrected chi connectivity index (χ3v) is 3.91. The number of hydrogen-bond donors (Lipinski definition) is 1.